The van der Waals surface area contributed by atoms with Gasteiger partial charge in [0.2, 0.25) is 29.6 Å². The maximum atomic E-state index is 13.5. The van der Waals surface area contributed by atoms with E-state index in [2.05, 4.69) is 30.6 Å². The van der Waals surface area contributed by atoms with Gasteiger partial charge in [-0.1, -0.05) is 0 Å². The Hall–Kier alpha value is -6.99. The summed E-state index contributed by atoms with van der Waals surface area (Å²) in [6.07, 6.45) is -15.1. The van der Waals surface area contributed by atoms with E-state index in [0.29, 0.717) is 11.4 Å². The van der Waals surface area contributed by atoms with Crippen LogP contribution in [0.4, 0.5) is 11.6 Å². The van der Waals surface area contributed by atoms with E-state index in [9.17, 15) is 84.3 Å². The number of likely N-dealkylation sites (N-methyl/N-ethyl adjacent to an activating group) is 1. The second kappa shape index (κ2) is 24.2. The van der Waals surface area contributed by atoms with Gasteiger partial charge in [-0.15, -0.1) is 0 Å². The number of carbonyl (C=O) groups excluding carboxylic acids is 5. The highest BCUT2D eigenvalue weighted by molar-refractivity contribution is 5.98. The number of hydrogen-bond donors (Lipinski definition) is 18. The highest BCUT2D eigenvalue weighted by Crippen LogP contribution is 2.14. The molecule has 3 rings (SSSR count). The summed E-state index contributed by atoms with van der Waals surface area (Å²) in [7, 11) is 1.03. The molecule has 29 heteroatoms. The van der Waals surface area contributed by atoms with Crippen molar-refractivity contribution in [1.82, 2.24) is 46.5 Å². The number of aliphatic hydroxyl groups excluding tert-OH is 8. The number of aliphatic carboxylic acids is 2. The van der Waals surface area contributed by atoms with Gasteiger partial charge < -0.3 is 88.7 Å². The lowest BCUT2D eigenvalue weighted by atomic mass is 9.98. The number of aliphatic hydroxyl groups is 8. The van der Waals surface area contributed by atoms with Crippen LogP contribution in [0.25, 0.3) is 11.2 Å². The number of benzene rings is 1. The minimum absolute atomic E-state index is 0.0294. The Morgan fingerprint density at radius 3 is 1.86 bits per heavy atom. The van der Waals surface area contributed by atoms with Crippen LogP contribution in [0.5, 0.6) is 0 Å². The highest BCUT2D eigenvalue weighted by atomic mass is 16.4. The Morgan fingerprint density at radius 1 is 0.738 bits per heavy atom. The number of carboxylic acid groups (broad SMARTS) is 2. The molecular weight excluding hydrogens is 874 g/mol. The Kier molecular flexibility index (Phi) is 19.5. The molecule has 0 spiro atoms. The number of anilines is 2. The number of aromatic amines is 1. The fourth-order valence-corrected chi connectivity index (χ4v) is 5.74. The summed E-state index contributed by atoms with van der Waals surface area (Å²) in [4.78, 5) is 116. The van der Waals surface area contributed by atoms with Crippen molar-refractivity contribution in [2.45, 2.75) is 86.6 Å². The van der Waals surface area contributed by atoms with Gasteiger partial charge in [-0.05, 0) is 30.7 Å². The van der Waals surface area contributed by atoms with Crippen LogP contribution in [0.1, 0.15) is 35.3 Å². The second-order valence-corrected chi connectivity index (χ2v) is 14.1. The van der Waals surface area contributed by atoms with Crippen molar-refractivity contribution in [3.05, 3.63) is 52.1 Å². The van der Waals surface area contributed by atoms with Gasteiger partial charge in [0.15, 0.2) is 11.2 Å². The summed E-state index contributed by atoms with van der Waals surface area (Å²) in [6, 6.07) is -2.97. The van der Waals surface area contributed by atoms with Gasteiger partial charge in [0.25, 0.3) is 11.5 Å². The number of fused-ring (bicyclic) bond motifs is 1. The maximum absolute atomic E-state index is 13.5. The number of nitrogens with zero attached hydrogens (tertiary/aromatic N) is 3. The molecule has 3 aromatic rings. The van der Waals surface area contributed by atoms with Crippen LogP contribution in [0.3, 0.4) is 0 Å². The fraction of sp³-hybridized carbons (Fsp3) is 0.472. The number of amides is 5. The second-order valence-electron chi connectivity index (χ2n) is 14.1. The molecule has 0 aliphatic carbocycles. The molecule has 5 amide bonds. The van der Waals surface area contributed by atoms with Gasteiger partial charge in [-0.3, -0.25) is 38.5 Å². The summed E-state index contributed by atoms with van der Waals surface area (Å²) in [5, 5.41) is 112. The Labute approximate surface area is 365 Å². The van der Waals surface area contributed by atoms with Crippen molar-refractivity contribution >= 4 is 64.3 Å². The predicted molar refractivity (Wildman–Crippen MR) is 217 cm³/mol. The number of nitrogen functional groups attached to an aromatic ring is 1. The Bertz CT molecular complexity index is 2230. The van der Waals surface area contributed by atoms with Crippen LogP contribution in [-0.2, 0) is 35.3 Å². The van der Waals surface area contributed by atoms with Crippen molar-refractivity contribution < 1.29 is 84.6 Å². The van der Waals surface area contributed by atoms with E-state index < -0.39 is 140 Å². The van der Waals surface area contributed by atoms with Crippen molar-refractivity contribution in [2.24, 2.45) is 0 Å². The molecule has 2 aromatic heterocycles. The van der Waals surface area contributed by atoms with Crippen LogP contribution in [0, 0.1) is 0 Å². The molecule has 0 saturated heterocycles. The van der Waals surface area contributed by atoms with Crippen molar-refractivity contribution in [2.75, 3.05) is 31.3 Å². The van der Waals surface area contributed by atoms with Crippen LogP contribution in [-0.4, -0.2) is 194 Å². The van der Waals surface area contributed by atoms with Gasteiger partial charge in [0.05, 0.1) is 38.1 Å². The predicted octanol–water partition coefficient (Wildman–Crippen LogP) is -8.30. The molecule has 19 N–H and O–H groups in total. The van der Waals surface area contributed by atoms with Gasteiger partial charge in [0, 0.05) is 24.7 Å². The zero-order valence-electron chi connectivity index (χ0n) is 34.1. The first-order valence-electron chi connectivity index (χ1n) is 19.1. The average Bonchev–Trinajstić information content (AvgIpc) is 3.28. The van der Waals surface area contributed by atoms with E-state index in [1.165, 1.54) is 30.5 Å². The van der Waals surface area contributed by atoms with E-state index in [4.69, 9.17) is 10.8 Å². The first-order valence-corrected chi connectivity index (χ1v) is 19.1. The summed E-state index contributed by atoms with van der Waals surface area (Å²) in [6.45, 7) is -2.22. The molecule has 2 heterocycles. The first kappa shape index (κ1) is 52.4. The van der Waals surface area contributed by atoms with Crippen molar-refractivity contribution in [3.63, 3.8) is 0 Å². The van der Waals surface area contributed by atoms with Crippen LogP contribution < -0.4 is 43.2 Å². The number of nitrogens with one attached hydrogen (secondary N) is 7. The van der Waals surface area contributed by atoms with E-state index in [-0.39, 0.29) is 29.2 Å². The van der Waals surface area contributed by atoms with E-state index >= 15 is 0 Å². The Balaban J connectivity index is 1.72. The molecule has 0 aliphatic heterocycles. The molecule has 10 atom stereocenters. The summed E-state index contributed by atoms with van der Waals surface area (Å²) in [5.41, 5.74) is 5.69. The monoisotopic (exact) mass is 923 g/mol. The summed E-state index contributed by atoms with van der Waals surface area (Å²) >= 11 is 0. The van der Waals surface area contributed by atoms with E-state index in [1.54, 1.807) is 0 Å². The molecule has 0 radical (unpaired) electrons. The number of carbonyl (C=O) groups is 7. The number of carboxylic acids is 2. The minimum atomic E-state index is -2.53. The van der Waals surface area contributed by atoms with Crippen LogP contribution >= 0.6 is 0 Å². The van der Waals surface area contributed by atoms with Crippen LogP contribution in [0.15, 0.2) is 35.3 Å². The molecule has 29 nitrogen and oxygen atoms in total. The van der Waals surface area contributed by atoms with Gasteiger partial charge in [-0.2, -0.15) is 4.98 Å². The molecule has 356 valence electrons. The number of H-pyrrole nitrogens is 1. The van der Waals surface area contributed by atoms with Gasteiger partial charge in [0.1, 0.15) is 60.8 Å². The molecule has 0 unspecified atom stereocenters. The third-order valence-corrected chi connectivity index (χ3v) is 9.35. The topological polar surface area (TPSA) is 492 Å². The molecule has 0 fully saturated rings. The molecule has 0 bridgehead atoms. The minimum Gasteiger partial charge on any atom is -0.481 e. The van der Waals surface area contributed by atoms with Crippen molar-refractivity contribution in [3.8, 4) is 0 Å². The third-order valence-electron chi connectivity index (χ3n) is 9.35. The average molecular weight is 924 g/mol. The summed E-state index contributed by atoms with van der Waals surface area (Å²) < 4.78 is 0. The lowest BCUT2D eigenvalue weighted by Gasteiger charge is -2.31. The molecule has 1 aromatic carbocycles. The number of rotatable bonds is 25. The smallest absolute Gasteiger partial charge is 0.326 e. The first-order chi connectivity index (χ1) is 30.6. The number of nitrogens with two attached hydrogens (primary N) is 1. The fourth-order valence-electron chi connectivity index (χ4n) is 5.74. The molecule has 0 saturated carbocycles. The lowest BCUT2D eigenvalue weighted by molar-refractivity contribution is -0.145. The highest BCUT2D eigenvalue weighted by Gasteiger charge is 2.41. The van der Waals surface area contributed by atoms with E-state index in [1.807, 2.05) is 21.3 Å². The van der Waals surface area contributed by atoms with E-state index in [0.717, 1.165) is 7.05 Å². The standard InChI is InChI=1S/C36H49N11O18/c1-38-32(61)22(27(57)25(55)18(50)11-48)45-31(60)17(8-21(53)54)43-33(62)23(28(58)26(56)19(51)12-49)44-20(52)7-6-16(35(64)65)42-30(59)13-2-4-14(5-3-13)39-9-15-10-40-29-24(41-15)34(63)47-36(37)46-29/h2-5,10,16-19,22-23,25-28,39,48-51,55-58H,6-9,11-12H2,1H3,(H,38,61)(H,42,59)(H,43,62)(H,44,52)(H,45,60)(H,53,54)(H,64,65)(H3,37,40,46,47,63)/t16-,17-,18+,19+,22-,23-,25+,26+,27+,28+/m0/s1. The molecule has 0 aliphatic rings. The normalized spacial score (nSPS) is 15.9. The SMILES string of the molecule is CNC(=O)[C@@H](NC(=O)[C@H](CC(=O)O)NC(=O)[C@@H](NC(=O)CC[C@H](NC(=O)c1ccc(NCc2cnc3nc(N)[nH]c(=O)c3n2)cc1)C(=O)O)[C@@H](O)[C@H](O)[C@H](O)CO)[C@@H](O)[C@H](O)[C@H](O)CO. The Morgan fingerprint density at radius 2 is 1.32 bits per heavy atom. The summed E-state index contributed by atoms with van der Waals surface area (Å²) in [5.74, 6) is -10.0. The number of aromatic nitrogens is 4. The van der Waals surface area contributed by atoms with Gasteiger partial charge in [-0.25, -0.2) is 14.8 Å². The molecule has 65 heavy (non-hydrogen) atoms. The lowest BCUT2D eigenvalue weighted by Crippen LogP contribution is -2.64. The number of hydrogen-bond acceptors (Lipinski definition) is 21. The largest absolute Gasteiger partial charge is 0.481 e. The van der Waals surface area contributed by atoms with Crippen molar-refractivity contribution in [1.29, 1.82) is 0 Å². The third kappa shape index (κ3) is 14.8. The van der Waals surface area contributed by atoms with Gasteiger partial charge >= 0.3 is 11.9 Å². The quantitative estimate of drug-likeness (QED) is 0.0375. The zero-order valence-corrected chi connectivity index (χ0v) is 34.1. The molecular formula is C36H49N11O18. The maximum Gasteiger partial charge on any atom is 0.326 e. The van der Waals surface area contributed by atoms with Crippen LogP contribution in [0.2, 0.25) is 0 Å². The zero-order chi connectivity index (χ0) is 48.7.